The molecule has 0 amide bonds. The van der Waals surface area contributed by atoms with Gasteiger partial charge >= 0.3 is 0 Å². The van der Waals surface area contributed by atoms with Crippen molar-refractivity contribution in [2.24, 2.45) is 0 Å². The van der Waals surface area contributed by atoms with Gasteiger partial charge in [-0.2, -0.15) is 10.5 Å². The summed E-state index contributed by atoms with van der Waals surface area (Å²) in [6.45, 7) is 3.27. The van der Waals surface area contributed by atoms with Crippen molar-refractivity contribution in [2.75, 3.05) is 0 Å². The summed E-state index contributed by atoms with van der Waals surface area (Å²) < 4.78 is 0. The van der Waals surface area contributed by atoms with E-state index in [0.29, 0.717) is 6.42 Å². The lowest BCUT2D eigenvalue weighted by Gasteiger charge is -2.18. The molecule has 1 atom stereocenters. The second-order valence-electron chi connectivity index (χ2n) is 2.43. The predicted molar refractivity (Wildman–Crippen MR) is 40.2 cm³/mol. The predicted octanol–water partition coefficient (Wildman–Crippen LogP) is 1.12. The summed E-state index contributed by atoms with van der Waals surface area (Å²) in [6, 6.07) is 3.50. The molecule has 0 bridgehead atoms. The van der Waals surface area contributed by atoms with E-state index in [1.807, 2.05) is 0 Å². The van der Waals surface area contributed by atoms with Crippen LogP contribution in [0.5, 0.6) is 0 Å². The van der Waals surface area contributed by atoms with Gasteiger partial charge in [0.25, 0.3) is 0 Å². The summed E-state index contributed by atoms with van der Waals surface area (Å²) in [6.07, 6.45) is 1.50. The zero-order valence-electron chi connectivity index (χ0n) is 6.63. The van der Waals surface area contributed by atoms with E-state index in [1.165, 1.54) is 6.92 Å². The Labute approximate surface area is 66.2 Å². The SMILES string of the molecule is CCC(C)(O)/C(C#N)=C\C#N. The van der Waals surface area contributed by atoms with Gasteiger partial charge in [-0.25, -0.2) is 0 Å². The second kappa shape index (κ2) is 3.75. The standard InChI is InChI=1S/C8H10N2O/c1-3-8(2,11)7(6-10)4-5-9/h4,11H,3H2,1-2H3/b7-4-. The third-order valence-corrected chi connectivity index (χ3v) is 1.60. The van der Waals surface area contributed by atoms with Crippen molar-refractivity contribution in [1.29, 1.82) is 10.5 Å². The van der Waals surface area contributed by atoms with Gasteiger partial charge in [-0.3, -0.25) is 0 Å². The van der Waals surface area contributed by atoms with Gasteiger partial charge in [0.05, 0.1) is 23.3 Å². The summed E-state index contributed by atoms with van der Waals surface area (Å²) in [5.74, 6) is 0. The van der Waals surface area contributed by atoms with Crippen LogP contribution in [0, 0.1) is 22.7 Å². The molecule has 11 heavy (non-hydrogen) atoms. The average molecular weight is 150 g/mol. The highest BCUT2D eigenvalue weighted by Gasteiger charge is 2.22. The van der Waals surface area contributed by atoms with Crippen LogP contribution >= 0.6 is 0 Å². The van der Waals surface area contributed by atoms with Crippen LogP contribution in [0.15, 0.2) is 11.6 Å². The third kappa shape index (κ3) is 2.41. The fourth-order valence-corrected chi connectivity index (χ4v) is 0.563. The van der Waals surface area contributed by atoms with Gasteiger partial charge in [0.2, 0.25) is 0 Å². The van der Waals surface area contributed by atoms with Gasteiger partial charge in [-0.15, -0.1) is 0 Å². The smallest absolute Gasteiger partial charge is 0.0985 e. The summed E-state index contributed by atoms with van der Waals surface area (Å²) in [7, 11) is 0. The molecule has 1 unspecified atom stereocenters. The monoisotopic (exact) mass is 150 g/mol. The van der Waals surface area contributed by atoms with E-state index >= 15 is 0 Å². The topological polar surface area (TPSA) is 67.8 Å². The van der Waals surface area contributed by atoms with E-state index in [2.05, 4.69) is 0 Å². The van der Waals surface area contributed by atoms with Crippen molar-refractivity contribution in [1.82, 2.24) is 0 Å². The molecule has 1 N–H and O–H groups in total. The van der Waals surface area contributed by atoms with Crippen LogP contribution in [0.2, 0.25) is 0 Å². The Balaban J connectivity index is 4.71. The number of nitrogens with zero attached hydrogens (tertiary/aromatic N) is 2. The van der Waals surface area contributed by atoms with E-state index in [1.54, 1.807) is 19.1 Å². The van der Waals surface area contributed by atoms with E-state index in [-0.39, 0.29) is 5.57 Å². The number of nitriles is 2. The summed E-state index contributed by atoms with van der Waals surface area (Å²) >= 11 is 0. The minimum absolute atomic E-state index is 0.113. The van der Waals surface area contributed by atoms with Crippen LogP contribution in [-0.4, -0.2) is 10.7 Å². The van der Waals surface area contributed by atoms with Crippen molar-refractivity contribution >= 4 is 0 Å². The van der Waals surface area contributed by atoms with Crippen LogP contribution in [0.4, 0.5) is 0 Å². The zero-order chi connectivity index (χ0) is 8.91. The van der Waals surface area contributed by atoms with Crippen LogP contribution < -0.4 is 0 Å². The highest BCUT2D eigenvalue weighted by molar-refractivity contribution is 5.34. The van der Waals surface area contributed by atoms with E-state index in [0.717, 1.165) is 6.08 Å². The molecule has 0 aromatic carbocycles. The Hall–Kier alpha value is -1.32. The first-order chi connectivity index (χ1) is 5.08. The van der Waals surface area contributed by atoms with Gasteiger partial charge in [0.15, 0.2) is 0 Å². The van der Waals surface area contributed by atoms with E-state index in [4.69, 9.17) is 10.5 Å². The molecule has 0 spiro atoms. The van der Waals surface area contributed by atoms with Crippen LogP contribution in [0.1, 0.15) is 20.3 Å². The molecular formula is C8H10N2O. The number of rotatable bonds is 2. The highest BCUT2D eigenvalue weighted by atomic mass is 16.3. The van der Waals surface area contributed by atoms with Crippen LogP contribution in [0.25, 0.3) is 0 Å². The quantitative estimate of drug-likeness (QED) is 0.600. The molecule has 0 aliphatic rings. The molecule has 0 saturated carbocycles. The molecule has 0 aromatic heterocycles. The van der Waals surface area contributed by atoms with Gasteiger partial charge < -0.3 is 5.11 Å². The van der Waals surface area contributed by atoms with Crippen molar-refractivity contribution in [3.63, 3.8) is 0 Å². The lowest BCUT2D eigenvalue weighted by atomic mass is 9.94. The molecule has 0 rings (SSSR count). The molecule has 0 fully saturated rings. The molecule has 58 valence electrons. The minimum Gasteiger partial charge on any atom is -0.385 e. The van der Waals surface area contributed by atoms with Gasteiger partial charge in [0.1, 0.15) is 0 Å². The van der Waals surface area contributed by atoms with Gasteiger partial charge in [-0.05, 0) is 13.3 Å². The average Bonchev–Trinajstić information content (AvgIpc) is 2.00. The Morgan fingerprint density at radius 3 is 2.45 bits per heavy atom. The zero-order valence-corrected chi connectivity index (χ0v) is 6.63. The number of hydrogen-bond acceptors (Lipinski definition) is 3. The molecule has 3 heteroatoms. The summed E-state index contributed by atoms with van der Waals surface area (Å²) in [4.78, 5) is 0. The van der Waals surface area contributed by atoms with E-state index < -0.39 is 5.60 Å². The molecular weight excluding hydrogens is 140 g/mol. The Kier molecular flexibility index (Phi) is 3.30. The lowest BCUT2D eigenvalue weighted by molar-refractivity contribution is 0.0993. The normalized spacial score (nSPS) is 16.3. The van der Waals surface area contributed by atoms with Crippen LogP contribution in [-0.2, 0) is 0 Å². The first-order valence-corrected chi connectivity index (χ1v) is 3.31. The molecule has 0 radical (unpaired) electrons. The number of aliphatic hydroxyl groups is 1. The first-order valence-electron chi connectivity index (χ1n) is 3.31. The fraction of sp³-hybridized carbons (Fsp3) is 0.500. The van der Waals surface area contributed by atoms with Crippen molar-refractivity contribution < 1.29 is 5.11 Å². The summed E-state index contributed by atoms with van der Waals surface area (Å²) in [5, 5.41) is 26.2. The molecule has 0 heterocycles. The molecule has 3 nitrogen and oxygen atoms in total. The van der Waals surface area contributed by atoms with E-state index in [9.17, 15) is 5.11 Å². The Morgan fingerprint density at radius 1 is 1.64 bits per heavy atom. The highest BCUT2D eigenvalue weighted by Crippen LogP contribution is 2.18. The molecule has 0 aliphatic heterocycles. The molecule has 0 saturated heterocycles. The first kappa shape index (κ1) is 9.68. The molecule has 0 aromatic rings. The van der Waals surface area contributed by atoms with Crippen LogP contribution in [0.3, 0.4) is 0 Å². The fourth-order valence-electron chi connectivity index (χ4n) is 0.563. The Bertz CT molecular complexity index is 240. The van der Waals surface area contributed by atoms with Crippen molar-refractivity contribution in [3.8, 4) is 12.1 Å². The molecule has 0 aliphatic carbocycles. The maximum atomic E-state index is 9.47. The minimum atomic E-state index is -1.16. The van der Waals surface area contributed by atoms with Gasteiger partial charge in [0, 0.05) is 6.08 Å². The van der Waals surface area contributed by atoms with Crippen molar-refractivity contribution in [2.45, 2.75) is 25.9 Å². The maximum Gasteiger partial charge on any atom is 0.0985 e. The third-order valence-electron chi connectivity index (χ3n) is 1.60. The lowest BCUT2D eigenvalue weighted by Crippen LogP contribution is -2.24. The Morgan fingerprint density at radius 2 is 2.18 bits per heavy atom. The van der Waals surface area contributed by atoms with Crippen molar-refractivity contribution in [3.05, 3.63) is 11.6 Å². The van der Waals surface area contributed by atoms with Gasteiger partial charge in [-0.1, -0.05) is 6.92 Å². The number of allylic oxidation sites excluding steroid dienone is 1. The number of hydrogen-bond donors (Lipinski definition) is 1. The maximum absolute atomic E-state index is 9.47. The largest absolute Gasteiger partial charge is 0.385 e. The summed E-state index contributed by atoms with van der Waals surface area (Å²) in [5.41, 5.74) is -1.05. The second-order valence-corrected chi connectivity index (χ2v) is 2.43.